The number of aromatic nitrogens is 1. The summed E-state index contributed by atoms with van der Waals surface area (Å²) < 4.78 is 5.49. The van der Waals surface area contributed by atoms with Crippen LogP contribution in [-0.2, 0) is 4.79 Å². The first-order valence-corrected chi connectivity index (χ1v) is 8.04. The average Bonchev–Trinajstić information content (AvgIpc) is 3.16. The molecule has 1 aliphatic rings. The number of aryl methyl sites for hydroxylation is 1. The Balaban J connectivity index is 1.70. The van der Waals surface area contributed by atoms with E-state index in [1.54, 1.807) is 11.4 Å². The normalized spacial score (nSPS) is 17.2. The first-order chi connectivity index (χ1) is 10.9. The van der Waals surface area contributed by atoms with Crippen LogP contribution in [0, 0.1) is 6.92 Å². The highest BCUT2D eigenvalue weighted by Gasteiger charge is 2.40. The molecular formula is C15H16N2O5S. The van der Waals surface area contributed by atoms with Crippen LogP contribution in [-0.4, -0.2) is 50.7 Å². The summed E-state index contributed by atoms with van der Waals surface area (Å²) in [6, 6.07) is 3.63. The average molecular weight is 336 g/mol. The van der Waals surface area contributed by atoms with Gasteiger partial charge in [0.15, 0.2) is 16.4 Å². The van der Waals surface area contributed by atoms with E-state index in [9.17, 15) is 14.7 Å². The van der Waals surface area contributed by atoms with Crippen molar-refractivity contribution in [2.24, 2.45) is 0 Å². The van der Waals surface area contributed by atoms with Crippen molar-refractivity contribution in [1.82, 2.24) is 9.88 Å². The Morgan fingerprint density at radius 3 is 2.61 bits per heavy atom. The summed E-state index contributed by atoms with van der Waals surface area (Å²) in [5, 5.41) is 21.2. The number of aliphatic carboxylic acids is 1. The van der Waals surface area contributed by atoms with Gasteiger partial charge in [0.05, 0.1) is 0 Å². The lowest BCUT2D eigenvalue weighted by Crippen LogP contribution is -2.50. The number of amides is 1. The van der Waals surface area contributed by atoms with Gasteiger partial charge in [0.1, 0.15) is 11.5 Å². The molecule has 3 heterocycles. The van der Waals surface area contributed by atoms with Gasteiger partial charge in [0.25, 0.3) is 5.91 Å². The van der Waals surface area contributed by atoms with Gasteiger partial charge < -0.3 is 19.5 Å². The summed E-state index contributed by atoms with van der Waals surface area (Å²) in [6.45, 7) is 2.21. The summed E-state index contributed by atoms with van der Waals surface area (Å²) in [5.74, 6) is -0.116. The van der Waals surface area contributed by atoms with Crippen LogP contribution in [0.2, 0.25) is 0 Å². The maximum absolute atomic E-state index is 12.4. The predicted molar refractivity (Wildman–Crippen MR) is 82.3 cm³/mol. The molecule has 23 heavy (non-hydrogen) atoms. The molecular weight excluding hydrogens is 320 g/mol. The molecule has 0 saturated carbocycles. The van der Waals surface area contributed by atoms with Crippen LogP contribution < -0.4 is 0 Å². The third-order valence-corrected chi connectivity index (χ3v) is 4.81. The number of hydrogen-bond acceptors (Lipinski definition) is 6. The molecule has 0 radical (unpaired) electrons. The minimum absolute atomic E-state index is 0.0163. The Kier molecular flexibility index (Phi) is 3.95. The zero-order valence-corrected chi connectivity index (χ0v) is 13.3. The number of aliphatic hydroxyl groups is 1. The number of thiazole rings is 1. The second-order valence-electron chi connectivity index (χ2n) is 5.58. The summed E-state index contributed by atoms with van der Waals surface area (Å²) >= 11 is 1.32. The first kappa shape index (κ1) is 15.7. The molecule has 1 amide bonds. The Morgan fingerprint density at radius 1 is 1.35 bits per heavy atom. The standard InChI is InChI=1S/C15H16N2O5S/c1-9-2-3-11(22-9)12-16-10(8-23-12)13(18)17-6-4-15(21,5-7-17)14(19)20/h2-3,8,21H,4-7H2,1H3,(H,19,20). The molecule has 0 aromatic carbocycles. The molecule has 1 fully saturated rings. The number of hydrogen-bond donors (Lipinski definition) is 2. The van der Waals surface area contributed by atoms with Crippen LogP contribution in [0.15, 0.2) is 21.9 Å². The number of carboxylic acids is 1. The van der Waals surface area contributed by atoms with Crippen molar-refractivity contribution in [2.75, 3.05) is 13.1 Å². The van der Waals surface area contributed by atoms with Crippen LogP contribution in [0.4, 0.5) is 0 Å². The number of piperidine rings is 1. The van der Waals surface area contributed by atoms with Gasteiger partial charge in [-0.3, -0.25) is 4.79 Å². The number of carbonyl (C=O) groups excluding carboxylic acids is 1. The van der Waals surface area contributed by atoms with Gasteiger partial charge >= 0.3 is 5.97 Å². The van der Waals surface area contributed by atoms with E-state index in [1.165, 1.54) is 16.2 Å². The highest BCUT2D eigenvalue weighted by Crippen LogP contribution is 2.27. The van der Waals surface area contributed by atoms with E-state index in [4.69, 9.17) is 9.52 Å². The maximum Gasteiger partial charge on any atom is 0.335 e. The van der Waals surface area contributed by atoms with Crippen molar-refractivity contribution in [3.63, 3.8) is 0 Å². The second-order valence-corrected chi connectivity index (χ2v) is 6.44. The zero-order valence-electron chi connectivity index (χ0n) is 12.5. The first-order valence-electron chi connectivity index (χ1n) is 7.16. The third-order valence-electron chi connectivity index (χ3n) is 3.95. The summed E-state index contributed by atoms with van der Waals surface area (Å²) in [6.07, 6.45) is 0.0326. The fraction of sp³-hybridized carbons (Fsp3) is 0.400. The second kappa shape index (κ2) is 5.78. The van der Waals surface area contributed by atoms with Gasteiger partial charge in [-0.1, -0.05) is 0 Å². The van der Waals surface area contributed by atoms with Crippen LogP contribution in [0.1, 0.15) is 29.1 Å². The molecule has 1 aliphatic heterocycles. The number of rotatable bonds is 3. The van der Waals surface area contributed by atoms with Crippen molar-refractivity contribution < 1.29 is 24.2 Å². The summed E-state index contributed by atoms with van der Waals surface area (Å²) in [4.78, 5) is 29.3. The highest BCUT2D eigenvalue weighted by atomic mass is 32.1. The molecule has 0 unspecified atom stereocenters. The number of likely N-dealkylation sites (tertiary alicyclic amines) is 1. The van der Waals surface area contributed by atoms with Gasteiger partial charge in [-0.25, -0.2) is 9.78 Å². The lowest BCUT2D eigenvalue weighted by atomic mass is 9.91. The van der Waals surface area contributed by atoms with Crippen LogP contribution in [0.25, 0.3) is 10.8 Å². The molecule has 1 saturated heterocycles. The summed E-state index contributed by atoms with van der Waals surface area (Å²) in [5.41, 5.74) is -1.43. The van der Waals surface area contributed by atoms with Crippen LogP contribution in [0.3, 0.4) is 0 Å². The Bertz CT molecular complexity index is 743. The third kappa shape index (κ3) is 2.99. The van der Waals surface area contributed by atoms with Gasteiger partial charge in [-0.05, 0) is 19.1 Å². The van der Waals surface area contributed by atoms with Crippen LogP contribution >= 0.6 is 11.3 Å². The molecule has 0 bridgehead atoms. The van der Waals surface area contributed by atoms with Crippen LogP contribution in [0.5, 0.6) is 0 Å². The number of nitrogens with zero attached hydrogens (tertiary/aromatic N) is 2. The highest BCUT2D eigenvalue weighted by molar-refractivity contribution is 7.13. The predicted octanol–water partition coefficient (Wildman–Crippen LogP) is 1.76. The molecule has 3 rings (SSSR count). The Labute approximate surface area is 136 Å². The largest absolute Gasteiger partial charge is 0.479 e. The fourth-order valence-electron chi connectivity index (χ4n) is 2.49. The molecule has 2 aromatic heterocycles. The van der Waals surface area contributed by atoms with Gasteiger partial charge in [0, 0.05) is 31.3 Å². The van der Waals surface area contributed by atoms with Crippen molar-refractivity contribution >= 4 is 23.2 Å². The molecule has 122 valence electrons. The molecule has 2 N–H and O–H groups in total. The fourth-order valence-corrected chi connectivity index (χ4v) is 3.24. The molecule has 7 nitrogen and oxygen atoms in total. The van der Waals surface area contributed by atoms with E-state index in [-0.39, 0.29) is 31.8 Å². The van der Waals surface area contributed by atoms with Crippen molar-refractivity contribution in [3.05, 3.63) is 29.0 Å². The Hall–Kier alpha value is -2.19. The SMILES string of the molecule is Cc1ccc(-c2nc(C(=O)N3CCC(O)(C(=O)O)CC3)cs2)o1. The quantitative estimate of drug-likeness (QED) is 0.885. The maximum atomic E-state index is 12.4. The van der Waals surface area contributed by atoms with E-state index in [2.05, 4.69) is 4.98 Å². The van der Waals surface area contributed by atoms with Crippen molar-refractivity contribution in [3.8, 4) is 10.8 Å². The number of carboxylic acid groups (broad SMARTS) is 1. The smallest absolute Gasteiger partial charge is 0.335 e. The lowest BCUT2D eigenvalue weighted by Gasteiger charge is -2.34. The molecule has 0 spiro atoms. The zero-order chi connectivity index (χ0) is 16.6. The van der Waals surface area contributed by atoms with Crippen molar-refractivity contribution in [1.29, 1.82) is 0 Å². The Morgan fingerprint density at radius 2 is 2.04 bits per heavy atom. The number of carbonyl (C=O) groups is 2. The van der Waals surface area contributed by atoms with Crippen molar-refractivity contribution in [2.45, 2.75) is 25.4 Å². The number of furan rings is 1. The monoisotopic (exact) mass is 336 g/mol. The topological polar surface area (TPSA) is 104 Å². The molecule has 0 atom stereocenters. The van der Waals surface area contributed by atoms with E-state index < -0.39 is 11.6 Å². The lowest BCUT2D eigenvalue weighted by molar-refractivity contribution is -0.162. The molecule has 0 aliphatic carbocycles. The minimum atomic E-state index is -1.74. The summed E-state index contributed by atoms with van der Waals surface area (Å²) in [7, 11) is 0. The van der Waals surface area contributed by atoms with Gasteiger partial charge in [-0.15, -0.1) is 11.3 Å². The van der Waals surface area contributed by atoms with Gasteiger partial charge in [0.2, 0.25) is 0 Å². The van der Waals surface area contributed by atoms with Gasteiger partial charge in [-0.2, -0.15) is 0 Å². The minimum Gasteiger partial charge on any atom is -0.479 e. The van der Waals surface area contributed by atoms with E-state index in [0.29, 0.717) is 16.5 Å². The molecule has 8 heteroatoms. The van der Waals surface area contributed by atoms with E-state index in [1.807, 2.05) is 13.0 Å². The van der Waals surface area contributed by atoms with E-state index >= 15 is 0 Å². The van der Waals surface area contributed by atoms with E-state index in [0.717, 1.165) is 5.76 Å². The molecule has 2 aromatic rings.